The van der Waals surface area contributed by atoms with E-state index in [2.05, 4.69) is 30.9 Å². The first kappa shape index (κ1) is 44.6. The number of hydrogen-bond acceptors (Lipinski definition) is 15. The first-order valence-corrected chi connectivity index (χ1v) is 22.4. The molecule has 3 aliphatic heterocycles. The van der Waals surface area contributed by atoms with Gasteiger partial charge in [-0.05, 0) is 80.6 Å². The maximum atomic E-state index is 13.5. The second-order valence-electron chi connectivity index (χ2n) is 16.5. The molecule has 0 radical (unpaired) electrons. The second kappa shape index (κ2) is 20.3. The van der Waals surface area contributed by atoms with E-state index in [0.29, 0.717) is 106 Å². The monoisotopic (exact) mass is 910 g/mol. The second-order valence-corrected chi connectivity index (χ2v) is 16.5. The highest BCUT2D eigenvalue weighted by Crippen LogP contribution is 2.36. The molecule has 9 rings (SSSR count). The molecular weight excluding hydrogens is 861 g/mol. The van der Waals surface area contributed by atoms with Crippen molar-refractivity contribution in [2.75, 3.05) is 57.1 Å². The fourth-order valence-corrected chi connectivity index (χ4v) is 8.68. The number of aromatic nitrogens is 7. The van der Waals surface area contributed by atoms with E-state index in [4.69, 9.17) is 25.0 Å². The van der Waals surface area contributed by atoms with Gasteiger partial charge in [0.2, 0.25) is 17.7 Å². The molecule has 3 aliphatic rings. The van der Waals surface area contributed by atoms with Crippen molar-refractivity contribution in [2.24, 2.45) is 0 Å². The number of imide groups is 2. The van der Waals surface area contributed by atoms with E-state index in [1.165, 1.54) is 6.33 Å². The molecule has 0 aliphatic carbocycles. The quantitative estimate of drug-likeness (QED) is 0.0762. The predicted molar refractivity (Wildman–Crippen MR) is 243 cm³/mol. The van der Waals surface area contributed by atoms with Gasteiger partial charge in [-0.2, -0.15) is 5.10 Å². The molecule has 20 nitrogen and oxygen atoms in total. The van der Waals surface area contributed by atoms with Crippen molar-refractivity contribution in [3.63, 3.8) is 0 Å². The van der Waals surface area contributed by atoms with E-state index in [-0.39, 0.29) is 35.9 Å². The van der Waals surface area contributed by atoms with Gasteiger partial charge >= 0.3 is 0 Å². The highest BCUT2D eigenvalue weighted by molar-refractivity contribution is 6.25. The minimum absolute atomic E-state index is 0.0543. The van der Waals surface area contributed by atoms with Crippen LogP contribution in [0.5, 0.6) is 11.5 Å². The number of nitrogens with zero attached hydrogens (tertiary/aromatic N) is 9. The number of piperidine rings is 2. The van der Waals surface area contributed by atoms with Gasteiger partial charge in [-0.1, -0.05) is 29.5 Å². The van der Waals surface area contributed by atoms with Crippen LogP contribution in [-0.2, 0) is 36.8 Å². The van der Waals surface area contributed by atoms with Crippen molar-refractivity contribution >= 4 is 52.1 Å². The average molecular weight is 911 g/mol. The normalized spacial score (nSPS) is 17.3. The van der Waals surface area contributed by atoms with E-state index < -0.39 is 29.7 Å². The minimum Gasteiger partial charge on any atom is -0.457 e. The SMILES string of the molecule is Nc1ncnc2c1c(-c1ccc(Oc3ccccc3)cc1)nn2C1CCCN(C(=O)CCCc2cn(CCOCCOCCNc3cccc4c3C(=O)N(C3CCC(=O)NC3=O)C4=O)nn2)C1. The van der Waals surface area contributed by atoms with Gasteiger partial charge in [0, 0.05) is 49.9 Å². The van der Waals surface area contributed by atoms with Crippen LogP contribution < -0.4 is 21.1 Å². The summed E-state index contributed by atoms with van der Waals surface area (Å²) in [6, 6.07) is 21.1. The summed E-state index contributed by atoms with van der Waals surface area (Å²) in [7, 11) is 0. The van der Waals surface area contributed by atoms with Crippen molar-refractivity contribution < 1.29 is 38.2 Å². The Morgan fingerprint density at radius 3 is 2.51 bits per heavy atom. The fourth-order valence-electron chi connectivity index (χ4n) is 8.68. The standard InChI is InChI=1S/C47H50N12O8/c48-43-41-42(30-14-16-34(17-15-30)67-33-9-2-1-3-10-33)54-59(44(41)51-29-50-43)32-8-6-21-56(28-32)39(61)13-4-7-31-27-57(55-53-31)22-24-66-26-25-65-23-20-49-36-12-5-11-35-40(36)47(64)58(46(35)63)37-18-19-38(60)52-45(37)62/h1-3,5,9-12,14-17,27,29,32,37,49H,4,6-8,13,18-26,28H2,(H2,48,50,51)(H,52,60,62). The number of likely N-dealkylation sites (tertiary alicyclic amines) is 1. The van der Waals surface area contributed by atoms with Crippen LogP contribution in [0.4, 0.5) is 11.5 Å². The van der Waals surface area contributed by atoms with Crippen LogP contribution in [0.3, 0.4) is 0 Å². The van der Waals surface area contributed by atoms with Gasteiger partial charge in [-0.3, -0.25) is 34.2 Å². The fraction of sp³-hybridized carbons (Fsp3) is 0.362. The van der Waals surface area contributed by atoms with E-state index in [0.717, 1.165) is 34.7 Å². The first-order chi connectivity index (χ1) is 32.7. The highest BCUT2D eigenvalue weighted by Gasteiger charge is 2.45. The summed E-state index contributed by atoms with van der Waals surface area (Å²) >= 11 is 0. The number of hydrogen-bond donors (Lipinski definition) is 3. The molecule has 0 bridgehead atoms. The number of aryl methyl sites for hydroxylation is 1. The molecule has 3 aromatic carbocycles. The lowest BCUT2D eigenvalue weighted by Gasteiger charge is -2.33. The van der Waals surface area contributed by atoms with Crippen LogP contribution in [0.25, 0.3) is 22.3 Å². The van der Waals surface area contributed by atoms with Gasteiger partial charge in [-0.25, -0.2) is 19.3 Å². The number of nitrogen functional groups attached to an aromatic ring is 1. The molecule has 0 spiro atoms. The predicted octanol–water partition coefficient (Wildman–Crippen LogP) is 4.19. The Morgan fingerprint density at radius 2 is 1.69 bits per heavy atom. The molecule has 6 aromatic rings. The number of fused-ring (bicyclic) bond motifs is 2. The zero-order valence-electron chi connectivity index (χ0n) is 36.7. The third-order valence-corrected chi connectivity index (χ3v) is 12.0. The topological polar surface area (TPSA) is 244 Å². The Bertz CT molecular complexity index is 2780. The molecule has 5 amide bonds. The van der Waals surface area contributed by atoms with Crippen LogP contribution in [-0.4, -0.2) is 126 Å². The number of benzene rings is 3. The first-order valence-electron chi connectivity index (χ1n) is 22.4. The molecule has 6 heterocycles. The third kappa shape index (κ3) is 9.99. The molecule has 2 atom stereocenters. The van der Waals surface area contributed by atoms with Crippen molar-refractivity contribution in [3.05, 3.63) is 102 Å². The van der Waals surface area contributed by atoms with Crippen LogP contribution in [0.15, 0.2) is 85.3 Å². The average Bonchev–Trinajstić information content (AvgIpc) is 4.04. The van der Waals surface area contributed by atoms with Crippen LogP contribution in [0, 0.1) is 0 Å². The molecule has 67 heavy (non-hydrogen) atoms. The Balaban J connectivity index is 0.679. The number of amides is 5. The van der Waals surface area contributed by atoms with Crippen molar-refractivity contribution in [2.45, 2.75) is 63.6 Å². The lowest BCUT2D eigenvalue weighted by Crippen LogP contribution is -2.54. The molecule has 2 unspecified atom stereocenters. The zero-order chi connectivity index (χ0) is 46.3. The van der Waals surface area contributed by atoms with Gasteiger partial charge in [0.1, 0.15) is 35.4 Å². The summed E-state index contributed by atoms with van der Waals surface area (Å²) in [4.78, 5) is 75.6. The lowest BCUT2D eigenvalue weighted by atomic mass is 10.0. The van der Waals surface area contributed by atoms with Gasteiger partial charge in [0.05, 0.1) is 61.2 Å². The Morgan fingerprint density at radius 1 is 0.881 bits per heavy atom. The Kier molecular flexibility index (Phi) is 13.5. The van der Waals surface area contributed by atoms with Crippen LogP contribution in [0.1, 0.15) is 71.0 Å². The Hall–Kier alpha value is -7.58. The summed E-state index contributed by atoms with van der Waals surface area (Å²) in [5.41, 5.74) is 10.2. The van der Waals surface area contributed by atoms with Gasteiger partial charge in [0.15, 0.2) is 5.65 Å². The third-order valence-electron chi connectivity index (χ3n) is 12.0. The smallest absolute Gasteiger partial charge is 0.264 e. The maximum Gasteiger partial charge on any atom is 0.264 e. The van der Waals surface area contributed by atoms with Gasteiger partial charge in [-0.15, -0.1) is 5.10 Å². The molecule has 2 saturated heterocycles. The summed E-state index contributed by atoms with van der Waals surface area (Å²) < 4.78 is 21.0. The molecule has 4 N–H and O–H groups in total. The summed E-state index contributed by atoms with van der Waals surface area (Å²) in [6.45, 7) is 3.46. The number of ether oxygens (including phenoxy) is 3. The molecular formula is C47H50N12O8. The highest BCUT2D eigenvalue weighted by atomic mass is 16.5. The number of carbonyl (C=O) groups excluding carboxylic acids is 5. The zero-order valence-corrected chi connectivity index (χ0v) is 36.7. The largest absolute Gasteiger partial charge is 0.457 e. The maximum absolute atomic E-state index is 13.5. The molecule has 346 valence electrons. The van der Waals surface area contributed by atoms with Gasteiger partial charge in [0.25, 0.3) is 11.8 Å². The molecule has 0 saturated carbocycles. The number of para-hydroxylation sites is 1. The number of carbonyl (C=O) groups is 5. The van der Waals surface area contributed by atoms with Gasteiger partial charge < -0.3 is 30.2 Å². The summed E-state index contributed by atoms with van der Waals surface area (Å²) in [5, 5.41) is 19.6. The van der Waals surface area contributed by atoms with Crippen LogP contribution >= 0.6 is 0 Å². The van der Waals surface area contributed by atoms with E-state index in [1.54, 1.807) is 22.9 Å². The minimum atomic E-state index is -1.03. The number of nitrogens with one attached hydrogen (secondary N) is 2. The van der Waals surface area contributed by atoms with Crippen LogP contribution in [0.2, 0.25) is 0 Å². The lowest BCUT2D eigenvalue weighted by molar-refractivity contribution is -0.136. The number of nitrogens with two attached hydrogens (primary N) is 1. The molecule has 2 fully saturated rings. The summed E-state index contributed by atoms with van der Waals surface area (Å²) in [6.07, 6.45) is 6.75. The van der Waals surface area contributed by atoms with E-state index >= 15 is 0 Å². The van der Waals surface area contributed by atoms with E-state index in [1.807, 2.05) is 70.4 Å². The number of rotatable bonds is 19. The van der Waals surface area contributed by atoms with Crippen molar-refractivity contribution in [1.82, 2.24) is 49.9 Å². The molecule has 20 heteroatoms. The van der Waals surface area contributed by atoms with E-state index in [9.17, 15) is 24.0 Å². The number of anilines is 2. The Labute approximate surface area is 384 Å². The molecule has 3 aromatic heterocycles. The summed E-state index contributed by atoms with van der Waals surface area (Å²) in [5.74, 6) is -0.338. The van der Waals surface area contributed by atoms with Crippen molar-refractivity contribution in [3.8, 4) is 22.8 Å². The van der Waals surface area contributed by atoms with Crippen molar-refractivity contribution in [1.29, 1.82) is 0 Å².